The van der Waals surface area contributed by atoms with E-state index in [9.17, 15) is 0 Å². The molecule has 2 aliphatic heterocycles. The van der Waals surface area contributed by atoms with Crippen molar-refractivity contribution in [3.63, 3.8) is 0 Å². The molecule has 0 atom stereocenters. The Labute approximate surface area is 763 Å². The van der Waals surface area contributed by atoms with Crippen LogP contribution >= 0.6 is 0 Å². The van der Waals surface area contributed by atoms with Gasteiger partial charge in [-0.15, -0.1) is 0 Å². The van der Waals surface area contributed by atoms with Crippen LogP contribution in [0.3, 0.4) is 0 Å². The van der Waals surface area contributed by atoms with E-state index >= 15 is 0 Å². The first kappa shape index (κ1) is 78.0. The van der Waals surface area contributed by atoms with Crippen LogP contribution in [0.4, 0.5) is 68.2 Å². The van der Waals surface area contributed by atoms with Crippen LogP contribution in [0.15, 0.2) is 437 Å². The highest BCUT2D eigenvalue weighted by molar-refractivity contribution is 6.28. The molecule has 3 aliphatic rings. The van der Waals surface area contributed by atoms with Crippen LogP contribution in [0.25, 0.3) is 131 Å². The summed E-state index contributed by atoms with van der Waals surface area (Å²) in [6, 6.07) is 159. The van der Waals surface area contributed by atoms with E-state index in [2.05, 4.69) is 498 Å². The maximum atomic E-state index is 7.14. The molecule has 0 radical (unpaired) electrons. The minimum absolute atomic E-state index is 0.123. The summed E-state index contributed by atoms with van der Waals surface area (Å²) in [7, 11) is 0. The molecule has 0 unspecified atom stereocenters. The number of benzene rings is 22. The third-order valence-corrected chi connectivity index (χ3v) is 27.1. The summed E-state index contributed by atoms with van der Waals surface area (Å²) in [6.45, 7) is 13.5. The van der Waals surface area contributed by atoms with Crippen molar-refractivity contribution in [1.29, 1.82) is 0 Å². The second-order valence-corrected chi connectivity index (χ2v) is 35.7. The van der Waals surface area contributed by atoms with Crippen LogP contribution in [-0.4, -0.2) is 0 Å². The molecule has 131 heavy (non-hydrogen) atoms. The Morgan fingerprint density at radius 2 is 0.527 bits per heavy atom. The van der Waals surface area contributed by atoms with Crippen LogP contribution in [0, 0.1) is 27.7 Å². The van der Waals surface area contributed by atoms with Gasteiger partial charge < -0.3 is 29.1 Å². The smallest absolute Gasteiger partial charge is 0.137 e. The van der Waals surface area contributed by atoms with Gasteiger partial charge in [0.15, 0.2) is 0 Å². The topological polar surface area (TPSA) is 31.4 Å². The molecule has 0 amide bonds. The fourth-order valence-corrected chi connectivity index (χ4v) is 21.1. The molecule has 25 rings (SSSR count). The van der Waals surface area contributed by atoms with Crippen LogP contribution in [0.1, 0.15) is 47.2 Å². The van der Waals surface area contributed by atoms with Gasteiger partial charge in [0.2, 0.25) is 0 Å². The Kier molecular flexibility index (Phi) is 18.7. The minimum Gasteiger partial charge on any atom is -0.456 e. The summed E-state index contributed by atoms with van der Waals surface area (Å²) in [4.78, 5) is 9.60. The average Bonchev–Trinajstić information content (AvgIpc) is 1.47. The zero-order valence-corrected chi connectivity index (χ0v) is 73.7. The Balaban J connectivity index is 0.000000145. The molecule has 6 nitrogen and oxygen atoms in total. The van der Waals surface area contributed by atoms with Gasteiger partial charge in [0.25, 0.3) is 0 Å². The lowest BCUT2D eigenvalue weighted by Gasteiger charge is -2.31. The third-order valence-electron chi connectivity index (χ3n) is 27.1. The van der Waals surface area contributed by atoms with Crippen LogP contribution in [0.2, 0.25) is 0 Å². The number of rotatable bonds is 14. The van der Waals surface area contributed by atoms with Crippen molar-refractivity contribution in [3.8, 4) is 78.6 Å². The Hall–Kier alpha value is -16.5. The molecule has 0 N–H and O–H groups in total. The lowest BCUT2D eigenvalue weighted by Crippen LogP contribution is -2.16. The van der Waals surface area contributed by atoms with Crippen molar-refractivity contribution in [2.75, 3.05) is 19.6 Å². The second-order valence-electron chi connectivity index (χ2n) is 35.7. The first-order valence-corrected chi connectivity index (χ1v) is 45.3. The van der Waals surface area contributed by atoms with E-state index in [4.69, 9.17) is 9.47 Å². The first-order chi connectivity index (χ1) is 64.3. The number of hydrogen-bond acceptors (Lipinski definition) is 6. The third kappa shape index (κ3) is 13.3. The van der Waals surface area contributed by atoms with Crippen molar-refractivity contribution >= 4 is 144 Å². The number of anilines is 12. The number of ether oxygens (including phenoxy) is 2. The zero-order valence-electron chi connectivity index (χ0n) is 73.7. The summed E-state index contributed by atoms with van der Waals surface area (Å²) >= 11 is 0. The first-order valence-electron chi connectivity index (χ1n) is 45.3. The van der Waals surface area contributed by atoms with E-state index < -0.39 is 0 Å². The Bertz CT molecular complexity index is 8360. The second kappa shape index (κ2) is 31.5. The largest absolute Gasteiger partial charge is 0.456 e. The van der Waals surface area contributed by atoms with Crippen LogP contribution in [-0.2, 0) is 5.41 Å². The van der Waals surface area contributed by atoms with Gasteiger partial charge in [0.1, 0.15) is 23.0 Å². The van der Waals surface area contributed by atoms with Gasteiger partial charge in [0, 0.05) is 107 Å². The van der Waals surface area contributed by atoms with Gasteiger partial charge in [-0.05, 0) is 283 Å². The van der Waals surface area contributed by atoms with E-state index in [1.807, 2.05) is 0 Å². The molecule has 22 aromatic rings. The van der Waals surface area contributed by atoms with Gasteiger partial charge in [-0.25, -0.2) is 0 Å². The maximum absolute atomic E-state index is 7.14. The SMILES string of the molecule is Cc1ccc2c(N(c3ccccc3)c3ccccc3-c3ccccc3)cc3c4cc(C)cc5c4c(cc3c2c1)-c1ccc(N(c2ccccc2)c2ccc3c(c2)C(C)(C)c2ccccc2-3)cc1O5.Cc1ccc2c(N(c3ccccc3)c3ccccc3-c3ccccc3)cc3c4cc(C)cc5c4c(cc3c2c1)-c1ccc(N(c2ccccc2)c2ccc3ccccc3c2)cc1O5. The number of aryl methyl sites for hydroxylation is 4. The summed E-state index contributed by atoms with van der Waals surface area (Å²) in [5.74, 6) is 3.45. The van der Waals surface area contributed by atoms with Gasteiger partial charge in [-0.1, -0.05) is 304 Å². The van der Waals surface area contributed by atoms with Crippen LogP contribution < -0.4 is 29.1 Å². The lowest BCUT2D eigenvalue weighted by molar-refractivity contribution is 0.486. The zero-order chi connectivity index (χ0) is 87.7. The van der Waals surface area contributed by atoms with Crippen molar-refractivity contribution in [2.24, 2.45) is 0 Å². The fraction of sp³-hybridized carbons (Fsp3) is 0.0560. The van der Waals surface area contributed by atoms with Crippen molar-refractivity contribution < 1.29 is 9.47 Å². The summed E-state index contributed by atoms with van der Waals surface area (Å²) in [5, 5.41) is 16.7. The molecule has 0 fully saturated rings. The molecule has 22 aromatic carbocycles. The minimum atomic E-state index is -0.123. The average molecular weight is 1680 g/mol. The van der Waals surface area contributed by atoms with Crippen molar-refractivity contribution in [1.82, 2.24) is 0 Å². The normalized spacial score (nSPS) is 12.4. The van der Waals surface area contributed by atoms with Crippen LogP contribution in [0.5, 0.6) is 23.0 Å². The molecule has 6 heteroatoms. The quantitative estimate of drug-likeness (QED) is 0.101. The monoisotopic (exact) mass is 1680 g/mol. The molecule has 2 heterocycles. The molecule has 0 spiro atoms. The highest BCUT2D eigenvalue weighted by Crippen LogP contribution is 2.59. The lowest BCUT2D eigenvalue weighted by atomic mass is 9.82. The van der Waals surface area contributed by atoms with Gasteiger partial charge in [-0.3, -0.25) is 0 Å². The molecule has 0 bridgehead atoms. The maximum Gasteiger partial charge on any atom is 0.137 e. The Morgan fingerprint density at radius 3 is 0.992 bits per heavy atom. The number of nitrogens with zero attached hydrogens (tertiary/aromatic N) is 4. The highest BCUT2D eigenvalue weighted by Gasteiger charge is 2.37. The van der Waals surface area contributed by atoms with E-state index in [-0.39, 0.29) is 5.41 Å². The number of hydrogen-bond donors (Lipinski definition) is 0. The molecular weight excluding hydrogens is 1590 g/mol. The van der Waals surface area contributed by atoms with E-state index in [0.29, 0.717) is 0 Å². The molecule has 0 saturated heterocycles. The number of para-hydroxylation sites is 6. The summed E-state index contributed by atoms with van der Waals surface area (Å²) in [6.07, 6.45) is 0. The van der Waals surface area contributed by atoms with Crippen molar-refractivity contribution in [3.05, 3.63) is 470 Å². The molecule has 622 valence electrons. The standard InChI is InChI=1S/C65H48N2O.C60H42N2O/c1-41-28-31-51-53(34-41)54-39-57-52-33-30-47(66(44-20-10-6-11-21-44)46-29-32-50-49-25-14-16-26-58(49)65(3,4)59(50)37-46)38-62(52)68-63-36-42(2)35-56(64(57)63)55(54)40-61(51)67(45-22-12-7-13-23-45)60-27-17-15-24-48(60)43-18-8-5-9-19-43;1-39-26-30-49-51(32-39)52-37-55-50-31-29-47(61(44-20-8-4-9-21-44)46-28-27-41-16-12-13-19-43(41)35-46)36-58(50)63-59-34-40(2)33-54(60(55)59)53(52)38-57(49)62(45-22-10-5-11-23-45)56-25-15-14-24-48(56)42-17-6-3-7-18-42/h5-40H,1-4H3;3-38H,1-2H3. The van der Waals surface area contributed by atoms with Gasteiger partial charge in [0.05, 0.1) is 22.7 Å². The number of fused-ring (bicyclic) bond motifs is 16. The van der Waals surface area contributed by atoms with Crippen molar-refractivity contribution in [2.45, 2.75) is 47.0 Å². The van der Waals surface area contributed by atoms with E-state index in [0.717, 1.165) is 124 Å². The van der Waals surface area contributed by atoms with E-state index in [1.165, 1.54) is 131 Å². The predicted octanol–water partition coefficient (Wildman–Crippen LogP) is 35.7. The molecule has 0 aromatic heterocycles. The highest BCUT2D eigenvalue weighted by atomic mass is 16.5. The molecule has 1 aliphatic carbocycles. The van der Waals surface area contributed by atoms with Gasteiger partial charge >= 0.3 is 0 Å². The summed E-state index contributed by atoms with van der Waals surface area (Å²) in [5.41, 5.74) is 32.4. The predicted molar refractivity (Wildman–Crippen MR) is 553 cm³/mol. The molecule has 0 saturated carbocycles. The Morgan fingerprint density at radius 1 is 0.183 bits per heavy atom. The molecular formula is C125H90N4O2. The summed E-state index contributed by atoms with van der Waals surface area (Å²) < 4.78 is 14.2. The van der Waals surface area contributed by atoms with E-state index in [1.54, 1.807) is 0 Å². The van der Waals surface area contributed by atoms with Gasteiger partial charge in [-0.2, -0.15) is 0 Å². The fourth-order valence-electron chi connectivity index (χ4n) is 21.1.